The van der Waals surface area contributed by atoms with Crippen LogP contribution < -0.4 is 10.5 Å². The summed E-state index contributed by atoms with van der Waals surface area (Å²) in [6.07, 6.45) is -0.841. The predicted molar refractivity (Wildman–Crippen MR) is 49.9 cm³/mol. The molecule has 1 rings (SSSR count). The molecule has 1 aromatic rings. The van der Waals surface area contributed by atoms with Crippen molar-refractivity contribution >= 4 is 5.84 Å². The second kappa shape index (κ2) is 4.59. The van der Waals surface area contributed by atoms with Crippen molar-refractivity contribution in [3.8, 4) is 5.75 Å². The first-order valence-electron chi connectivity index (χ1n) is 4.14. The molecule has 0 heterocycles. The van der Waals surface area contributed by atoms with Crippen LogP contribution in [-0.2, 0) is 0 Å². The molecule has 0 saturated carbocycles. The molecule has 0 aliphatic carbocycles. The molecule has 6 heteroatoms. The van der Waals surface area contributed by atoms with E-state index in [4.69, 9.17) is 15.7 Å². The molecule has 1 atom stereocenters. The third-order valence-corrected chi connectivity index (χ3v) is 1.75. The van der Waals surface area contributed by atoms with Crippen LogP contribution in [0.2, 0.25) is 0 Å². The zero-order chi connectivity index (χ0) is 11.4. The molecule has 3 N–H and O–H groups in total. The number of nitrogens with zero attached hydrogens (tertiary/aromatic N) is 1. The maximum Gasteiger partial charge on any atom is 0.200 e. The van der Waals surface area contributed by atoms with Crippen LogP contribution in [-0.4, -0.2) is 17.1 Å². The largest absolute Gasteiger partial charge is 0.480 e. The number of halogens is 2. The van der Waals surface area contributed by atoms with E-state index in [-0.39, 0.29) is 11.6 Å². The summed E-state index contributed by atoms with van der Waals surface area (Å²) in [6.45, 7) is 1.44. The number of oxime groups is 1. The Morgan fingerprint density at radius 1 is 1.53 bits per heavy atom. The third kappa shape index (κ3) is 2.55. The fourth-order valence-corrected chi connectivity index (χ4v) is 0.907. The van der Waals surface area contributed by atoms with E-state index in [0.29, 0.717) is 0 Å². The Balaban J connectivity index is 2.86. The summed E-state index contributed by atoms with van der Waals surface area (Å²) < 4.78 is 30.8. The van der Waals surface area contributed by atoms with Crippen LogP contribution >= 0.6 is 0 Å². The highest BCUT2D eigenvalue weighted by atomic mass is 19.2. The highest BCUT2D eigenvalue weighted by Gasteiger charge is 2.14. The van der Waals surface area contributed by atoms with E-state index in [2.05, 4.69) is 5.16 Å². The van der Waals surface area contributed by atoms with Crippen LogP contribution in [0.1, 0.15) is 6.92 Å². The van der Waals surface area contributed by atoms with Gasteiger partial charge in [0.1, 0.15) is 0 Å². The summed E-state index contributed by atoms with van der Waals surface area (Å²) in [7, 11) is 0. The van der Waals surface area contributed by atoms with E-state index >= 15 is 0 Å². The number of hydrogen-bond acceptors (Lipinski definition) is 3. The molecule has 82 valence electrons. The molecule has 1 aromatic carbocycles. The van der Waals surface area contributed by atoms with Crippen LogP contribution in [0.15, 0.2) is 23.4 Å². The number of nitrogens with two attached hydrogens (primary N) is 1. The van der Waals surface area contributed by atoms with Crippen LogP contribution in [0.4, 0.5) is 8.78 Å². The normalized spacial score (nSPS) is 13.7. The molecule has 4 nitrogen and oxygen atoms in total. The average Bonchev–Trinajstić information content (AvgIpc) is 2.23. The van der Waals surface area contributed by atoms with Gasteiger partial charge in [-0.3, -0.25) is 0 Å². The minimum atomic E-state index is -1.10. The van der Waals surface area contributed by atoms with Crippen molar-refractivity contribution in [2.75, 3.05) is 0 Å². The predicted octanol–water partition coefficient (Wildman–Crippen LogP) is 1.48. The minimum Gasteiger partial charge on any atom is -0.480 e. The lowest BCUT2D eigenvalue weighted by Crippen LogP contribution is -2.31. The van der Waals surface area contributed by atoms with Gasteiger partial charge in [0.05, 0.1) is 0 Å². The Morgan fingerprint density at radius 3 is 2.80 bits per heavy atom. The molecule has 0 aromatic heterocycles. The van der Waals surface area contributed by atoms with Gasteiger partial charge in [0, 0.05) is 0 Å². The first kappa shape index (κ1) is 11.2. The third-order valence-electron chi connectivity index (χ3n) is 1.75. The Bertz CT molecular complexity index is 382. The fourth-order valence-electron chi connectivity index (χ4n) is 0.907. The molecular formula is C9H10F2N2O2. The summed E-state index contributed by atoms with van der Waals surface area (Å²) in [4.78, 5) is 0. The molecule has 1 unspecified atom stereocenters. The number of rotatable bonds is 3. The first-order valence-corrected chi connectivity index (χ1v) is 4.14. The zero-order valence-electron chi connectivity index (χ0n) is 7.95. The van der Waals surface area contributed by atoms with Gasteiger partial charge in [-0.15, -0.1) is 0 Å². The quantitative estimate of drug-likeness (QED) is 0.348. The number of ether oxygens (including phenoxy) is 1. The first-order chi connectivity index (χ1) is 7.06. The van der Waals surface area contributed by atoms with Gasteiger partial charge in [-0.25, -0.2) is 4.39 Å². The Hall–Kier alpha value is -1.85. The molecule has 0 bridgehead atoms. The summed E-state index contributed by atoms with van der Waals surface area (Å²) in [6, 6.07) is 3.52. The van der Waals surface area contributed by atoms with Gasteiger partial charge in [0.15, 0.2) is 23.5 Å². The second-order valence-electron chi connectivity index (χ2n) is 2.84. The lowest BCUT2D eigenvalue weighted by molar-refractivity contribution is 0.252. The topological polar surface area (TPSA) is 67.8 Å². The molecule has 0 spiro atoms. The van der Waals surface area contributed by atoms with Crippen molar-refractivity contribution < 1.29 is 18.7 Å². The summed E-state index contributed by atoms with van der Waals surface area (Å²) in [5, 5.41) is 11.0. The van der Waals surface area contributed by atoms with Gasteiger partial charge < -0.3 is 15.7 Å². The number of amidine groups is 1. The maximum atomic E-state index is 13.1. The smallest absolute Gasteiger partial charge is 0.200 e. The average molecular weight is 216 g/mol. The maximum absolute atomic E-state index is 13.1. The van der Waals surface area contributed by atoms with Crippen LogP contribution in [0.3, 0.4) is 0 Å². The van der Waals surface area contributed by atoms with Crippen LogP contribution in [0, 0.1) is 11.6 Å². The van der Waals surface area contributed by atoms with Crippen molar-refractivity contribution in [3.63, 3.8) is 0 Å². The lowest BCUT2D eigenvalue weighted by atomic mass is 10.3. The fraction of sp³-hybridized carbons (Fsp3) is 0.222. The summed E-state index contributed by atoms with van der Waals surface area (Å²) in [5.74, 6) is -2.62. The molecular weight excluding hydrogens is 206 g/mol. The van der Waals surface area contributed by atoms with Crippen molar-refractivity contribution in [2.45, 2.75) is 13.0 Å². The lowest BCUT2D eigenvalue weighted by Gasteiger charge is -2.13. The standard InChI is InChI=1S/C9H10F2N2O2/c1-5(9(12)13-14)15-7-4-2-3-6(10)8(7)11/h2-5,14H,1H3,(H2,12,13). The van der Waals surface area contributed by atoms with E-state index in [1.165, 1.54) is 19.1 Å². The summed E-state index contributed by atoms with van der Waals surface area (Å²) in [5.41, 5.74) is 5.21. The van der Waals surface area contributed by atoms with Crippen LogP contribution in [0.25, 0.3) is 0 Å². The van der Waals surface area contributed by atoms with Crippen molar-refractivity contribution in [1.29, 1.82) is 0 Å². The molecule has 0 aliphatic rings. The van der Waals surface area contributed by atoms with E-state index < -0.39 is 17.7 Å². The highest BCUT2D eigenvalue weighted by molar-refractivity contribution is 5.84. The minimum absolute atomic E-state index is 0.223. The SMILES string of the molecule is CC(Oc1cccc(F)c1F)C(N)=NO. The molecule has 0 radical (unpaired) electrons. The Kier molecular flexibility index (Phi) is 3.43. The second-order valence-corrected chi connectivity index (χ2v) is 2.84. The van der Waals surface area contributed by atoms with Crippen molar-refractivity contribution in [2.24, 2.45) is 10.9 Å². The van der Waals surface area contributed by atoms with Gasteiger partial charge in [-0.1, -0.05) is 11.2 Å². The molecule has 0 aliphatic heterocycles. The monoisotopic (exact) mass is 216 g/mol. The van der Waals surface area contributed by atoms with E-state index in [1.54, 1.807) is 0 Å². The number of hydrogen-bond donors (Lipinski definition) is 2. The zero-order valence-corrected chi connectivity index (χ0v) is 7.95. The molecule has 0 fully saturated rings. The molecule has 0 amide bonds. The van der Waals surface area contributed by atoms with Gasteiger partial charge in [0.2, 0.25) is 5.82 Å². The van der Waals surface area contributed by atoms with Crippen molar-refractivity contribution in [1.82, 2.24) is 0 Å². The highest BCUT2D eigenvalue weighted by Crippen LogP contribution is 2.20. The van der Waals surface area contributed by atoms with Gasteiger partial charge in [0.25, 0.3) is 0 Å². The molecule has 0 saturated heterocycles. The van der Waals surface area contributed by atoms with Crippen molar-refractivity contribution in [3.05, 3.63) is 29.8 Å². The van der Waals surface area contributed by atoms with Gasteiger partial charge >= 0.3 is 0 Å². The van der Waals surface area contributed by atoms with Crippen LogP contribution in [0.5, 0.6) is 5.75 Å². The van der Waals surface area contributed by atoms with E-state index in [9.17, 15) is 8.78 Å². The Labute approximate surface area is 85.0 Å². The van der Waals surface area contributed by atoms with Gasteiger partial charge in [-0.2, -0.15) is 4.39 Å². The van der Waals surface area contributed by atoms with Gasteiger partial charge in [-0.05, 0) is 19.1 Å². The Morgan fingerprint density at radius 2 is 2.20 bits per heavy atom. The molecule has 15 heavy (non-hydrogen) atoms. The summed E-state index contributed by atoms with van der Waals surface area (Å²) >= 11 is 0. The van der Waals surface area contributed by atoms with E-state index in [1.807, 2.05) is 0 Å². The van der Waals surface area contributed by atoms with E-state index in [0.717, 1.165) is 6.07 Å². The number of benzene rings is 1.